The van der Waals surface area contributed by atoms with Gasteiger partial charge in [0.2, 0.25) is 5.78 Å². The van der Waals surface area contributed by atoms with Crippen molar-refractivity contribution < 1.29 is 14.4 Å². The van der Waals surface area contributed by atoms with Crippen molar-refractivity contribution in [2.24, 2.45) is 0 Å². The number of Topliss-reactive ketones (excluding diaryl/α,β-unsaturated/α-hetero) is 1. The van der Waals surface area contributed by atoms with Crippen LogP contribution in [0.2, 0.25) is 0 Å². The average molecular weight is 248 g/mol. The number of carbonyl (C=O) groups excluding carboxylic acids is 1. The predicted molar refractivity (Wildman–Crippen MR) is 71.3 cm³/mol. The lowest BCUT2D eigenvalue weighted by atomic mass is 10.0. The molecule has 0 amide bonds. The number of nitrogens with one attached hydrogen (secondary N) is 1. The predicted octanol–water partition coefficient (Wildman–Crippen LogP) is 1.34. The quantitative estimate of drug-likeness (QED) is 0.815. The fourth-order valence-electron chi connectivity index (χ4n) is 2.69. The third kappa shape index (κ3) is 2.91. The van der Waals surface area contributed by atoms with Crippen LogP contribution in [0.15, 0.2) is 24.3 Å². The SMILES string of the molecule is COc1ccccc1C(=O)C[NH+]1CCCC[C@H]1C. The van der Waals surface area contributed by atoms with Gasteiger partial charge >= 0.3 is 0 Å². The molecule has 1 aromatic carbocycles. The van der Waals surface area contributed by atoms with E-state index < -0.39 is 0 Å². The molecule has 0 aliphatic carbocycles. The highest BCUT2D eigenvalue weighted by Gasteiger charge is 2.25. The summed E-state index contributed by atoms with van der Waals surface area (Å²) < 4.78 is 5.25. The summed E-state index contributed by atoms with van der Waals surface area (Å²) in [7, 11) is 1.61. The lowest BCUT2D eigenvalue weighted by Crippen LogP contribution is -3.16. The minimum Gasteiger partial charge on any atom is -0.496 e. The van der Waals surface area contributed by atoms with Crippen molar-refractivity contribution in [2.45, 2.75) is 32.2 Å². The highest BCUT2D eigenvalue weighted by Crippen LogP contribution is 2.17. The van der Waals surface area contributed by atoms with E-state index in [-0.39, 0.29) is 5.78 Å². The molecule has 0 aromatic heterocycles. The van der Waals surface area contributed by atoms with Crippen LogP contribution in [0.1, 0.15) is 36.5 Å². The highest BCUT2D eigenvalue weighted by molar-refractivity contribution is 5.99. The Hall–Kier alpha value is -1.35. The molecule has 1 aliphatic rings. The molecule has 1 aromatic rings. The van der Waals surface area contributed by atoms with E-state index >= 15 is 0 Å². The molecule has 0 saturated carbocycles. The molecule has 98 valence electrons. The number of ether oxygens (including phenoxy) is 1. The van der Waals surface area contributed by atoms with Crippen LogP contribution in [0.25, 0.3) is 0 Å². The molecule has 0 spiro atoms. The van der Waals surface area contributed by atoms with Crippen molar-refractivity contribution in [1.29, 1.82) is 0 Å². The molecule has 2 atom stereocenters. The van der Waals surface area contributed by atoms with Gasteiger partial charge in [-0.2, -0.15) is 0 Å². The zero-order chi connectivity index (χ0) is 13.0. The molecule has 1 saturated heterocycles. The van der Waals surface area contributed by atoms with Crippen LogP contribution in [0.4, 0.5) is 0 Å². The molecule has 0 bridgehead atoms. The van der Waals surface area contributed by atoms with E-state index in [9.17, 15) is 4.79 Å². The van der Waals surface area contributed by atoms with Gasteiger partial charge in [-0.1, -0.05) is 12.1 Å². The van der Waals surface area contributed by atoms with Crippen LogP contribution in [0, 0.1) is 0 Å². The Labute approximate surface area is 109 Å². The molecular formula is C15H22NO2+. The van der Waals surface area contributed by atoms with Gasteiger partial charge < -0.3 is 9.64 Å². The topological polar surface area (TPSA) is 30.7 Å². The van der Waals surface area contributed by atoms with Gasteiger partial charge in [0.1, 0.15) is 12.3 Å². The Bertz CT molecular complexity index is 417. The van der Waals surface area contributed by atoms with Crippen molar-refractivity contribution in [3.05, 3.63) is 29.8 Å². The Morgan fingerprint density at radius 1 is 1.39 bits per heavy atom. The van der Waals surface area contributed by atoms with Crippen LogP contribution in [0.5, 0.6) is 5.75 Å². The Kier molecular flexibility index (Phi) is 4.37. The first kappa shape index (κ1) is 13.1. The van der Waals surface area contributed by atoms with Gasteiger partial charge in [-0.25, -0.2) is 0 Å². The number of hydrogen-bond acceptors (Lipinski definition) is 2. The molecule has 3 heteroatoms. The number of likely N-dealkylation sites (tertiary alicyclic amines) is 1. The van der Waals surface area contributed by atoms with E-state index in [1.807, 2.05) is 24.3 Å². The summed E-state index contributed by atoms with van der Waals surface area (Å²) in [6.07, 6.45) is 3.76. The number of rotatable bonds is 4. The number of benzene rings is 1. The number of para-hydroxylation sites is 1. The Morgan fingerprint density at radius 2 is 2.17 bits per heavy atom. The normalized spacial score (nSPS) is 23.7. The molecule has 1 fully saturated rings. The molecule has 3 nitrogen and oxygen atoms in total. The first-order chi connectivity index (χ1) is 8.72. The number of ketones is 1. The molecule has 2 rings (SSSR count). The van der Waals surface area contributed by atoms with Gasteiger partial charge in [-0.05, 0) is 38.3 Å². The fraction of sp³-hybridized carbons (Fsp3) is 0.533. The summed E-state index contributed by atoms with van der Waals surface area (Å²) in [6.45, 7) is 3.94. The van der Waals surface area contributed by atoms with Crippen molar-refractivity contribution in [3.8, 4) is 5.75 Å². The van der Waals surface area contributed by atoms with Crippen LogP contribution < -0.4 is 9.64 Å². The molecular weight excluding hydrogens is 226 g/mol. The van der Waals surface area contributed by atoms with Crippen LogP contribution >= 0.6 is 0 Å². The number of piperidine rings is 1. The minimum atomic E-state index is 0.191. The standard InChI is InChI=1S/C15H21NO2/c1-12-7-5-6-10-16(12)11-14(17)13-8-3-4-9-15(13)18-2/h3-4,8-9,12H,5-7,10-11H2,1-2H3/p+1/t12-/m1/s1. The summed E-state index contributed by atoms with van der Waals surface area (Å²) in [5.74, 6) is 0.878. The molecule has 1 N–H and O–H groups in total. The maximum atomic E-state index is 12.3. The number of quaternary nitrogens is 1. The van der Waals surface area contributed by atoms with Crippen LogP contribution in [-0.4, -0.2) is 32.0 Å². The third-order valence-electron chi connectivity index (χ3n) is 3.88. The Morgan fingerprint density at radius 3 is 2.89 bits per heavy atom. The number of hydrogen-bond donors (Lipinski definition) is 1. The van der Waals surface area contributed by atoms with Gasteiger partial charge in [0.25, 0.3) is 0 Å². The Balaban J connectivity index is 2.07. The van der Waals surface area contributed by atoms with Crippen molar-refractivity contribution in [1.82, 2.24) is 0 Å². The number of carbonyl (C=O) groups is 1. The van der Waals surface area contributed by atoms with Gasteiger partial charge in [0, 0.05) is 0 Å². The lowest BCUT2D eigenvalue weighted by molar-refractivity contribution is -0.920. The van der Waals surface area contributed by atoms with Crippen molar-refractivity contribution in [2.75, 3.05) is 20.2 Å². The van der Waals surface area contributed by atoms with Gasteiger partial charge in [0.15, 0.2) is 0 Å². The third-order valence-corrected chi connectivity index (χ3v) is 3.88. The summed E-state index contributed by atoms with van der Waals surface area (Å²) in [5, 5.41) is 0. The second-order valence-corrected chi connectivity index (χ2v) is 5.11. The smallest absolute Gasteiger partial charge is 0.220 e. The van der Waals surface area contributed by atoms with Crippen LogP contribution in [-0.2, 0) is 0 Å². The first-order valence-corrected chi connectivity index (χ1v) is 6.73. The maximum absolute atomic E-state index is 12.3. The zero-order valence-corrected chi connectivity index (χ0v) is 11.2. The van der Waals surface area contributed by atoms with E-state index in [0.717, 1.165) is 6.54 Å². The molecule has 1 aliphatic heterocycles. The average Bonchev–Trinajstić information content (AvgIpc) is 2.41. The molecule has 1 unspecified atom stereocenters. The lowest BCUT2D eigenvalue weighted by Gasteiger charge is -2.29. The van der Waals surface area contributed by atoms with E-state index in [1.54, 1.807) is 7.11 Å². The van der Waals surface area contributed by atoms with Gasteiger partial charge in [-0.15, -0.1) is 0 Å². The second kappa shape index (κ2) is 6.01. The van der Waals surface area contributed by atoms with Crippen LogP contribution in [0.3, 0.4) is 0 Å². The molecule has 18 heavy (non-hydrogen) atoms. The van der Waals surface area contributed by atoms with E-state index in [4.69, 9.17) is 4.74 Å². The fourth-order valence-corrected chi connectivity index (χ4v) is 2.69. The zero-order valence-electron chi connectivity index (χ0n) is 11.2. The monoisotopic (exact) mass is 248 g/mol. The summed E-state index contributed by atoms with van der Waals surface area (Å²) in [4.78, 5) is 13.8. The van der Waals surface area contributed by atoms with Gasteiger partial charge in [-0.3, -0.25) is 4.79 Å². The first-order valence-electron chi connectivity index (χ1n) is 6.73. The minimum absolute atomic E-state index is 0.191. The maximum Gasteiger partial charge on any atom is 0.220 e. The summed E-state index contributed by atoms with van der Waals surface area (Å²) in [6, 6.07) is 8.09. The summed E-state index contributed by atoms with van der Waals surface area (Å²) >= 11 is 0. The number of methoxy groups -OCH3 is 1. The van der Waals surface area contributed by atoms with E-state index in [2.05, 4.69) is 6.92 Å². The molecule has 1 heterocycles. The largest absolute Gasteiger partial charge is 0.496 e. The van der Waals surface area contributed by atoms with Crippen molar-refractivity contribution in [3.63, 3.8) is 0 Å². The van der Waals surface area contributed by atoms with E-state index in [0.29, 0.717) is 23.9 Å². The molecule has 0 radical (unpaired) electrons. The van der Waals surface area contributed by atoms with Gasteiger partial charge in [0.05, 0.1) is 25.3 Å². The van der Waals surface area contributed by atoms with E-state index in [1.165, 1.54) is 24.2 Å². The summed E-state index contributed by atoms with van der Waals surface area (Å²) in [5.41, 5.74) is 0.713. The highest BCUT2D eigenvalue weighted by atomic mass is 16.5. The van der Waals surface area contributed by atoms with Crippen molar-refractivity contribution >= 4 is 5.78 Å². The second-order valence-electron chi connectivity index (χ2n) is 5.11.